The van der Waals surface area contributed by atoms with Crippen LogP contribution in [-0.2, 0) is 18.0 Å². The maximum absolute atomic E-state index is 14.4. The molecule has 0 unspecified atom stereocenters. The summed E-state index contributed by atoms with van der Waals surface area (Å²) < 4.78 is 45.9. The Morgan fingerprint density at radius 1 is 0.744 bits per heavy atom. The third kappa shape index (κ3) is 7.60. The minimum absolute atomic E-state index is 0.151. The summed E-state index contributed by atoms with van der Waals surface area (Å²) in [6.45, 7) is 6.00. The molecule has 0 saturated heterocycles. The van der Waals surface area contributed by atoms with Crippen LogP contribution in [0.1, 0.15) is 31.9 Å². The van der Waals surface area contributed by atoms with E-state index in [9.17, 15) is 13.6 Å². The molecule has 6 nitrogen and oxygen atoms in total. The van der Waals surface area contributed by atoms with Crippen molar-refractivity contribution in [2.75, 3.05) is 0 Å². The molecule has 6 rings (SSSR count). The molecule has 2 heterocycles. The normalized spacial score (nSPS) is 11.2. The van der Waals surface area contributed by atoms with Gasteiger partial charge in [0.15, 0.2) is 23.1 Å². The van der Waals surface area contributed by atoms with E-state index in [1.54, 1.807) is 51.4 Å². The Balaban J connectivity index is 0.000000180. The van der Waals surface area contributed by atoms with E-state index in [1.165, 1.54) is 16.7 Å². The molecule has 0 aliphatic rings. The summed E-state index contributed by atoms with van der Waals surface area (Å²) in [6, 6.07) is 28.9. The highest BCUT2D eigenvalue weighted by molar-refractivity contribution is 5.90. The van der Waals surface area contributed by atoms with E-state index in [1.807, 2.05) is 66.7 Å². The van der Waals surface area contributed by atoms with Crippen molar-refractivity contribution in [3.05, 3.63) is 132 Å². The number of aromatic amines is 1. The summed E-state index contributed by atoms with van der Waals surface area (Å²) in [5.74, 6) is -0.433. The summed E-state index contributed by atoms with van der Waals surface area (Å²) in [4.78, 5) is 15.2. The van der Waals surface area contributed by atoms with Crippen molar-refractivity contribution in [1.82, 2.24) is 9.55 Å². The van der Waals surface area contributed by atoms with Crippen molar-refractivity contribution in [3.63, 3.8) is 0 Å². The number of halogens is 2. The Hall–Kier alpha value is -5.11. The molecule has 0 fully saturated rings. The van der Waals surface area contributed by atoms with E-state index in [0.29, 0.717) is 17.5 Å². The molecule has 4 aromatic carbocycles. The van der Waals surface area contributed by atoms with Gasteiger partial charge in [-0.15, -0.1) is 0 Å². The molecule has 0 aliphatic heterocycles. The Bertz CT molecular complexity index is 1820. The number of nitrogens with zero attached hydrogens (tertiary/aromatic N) is 1. The zero-order chi connectivity index (χ0) is 30.4. The van der Waals surface area contributed by atoms with Crippen molar-refractivity contribution in [3.8, 4) is 11.5 Å². The molecule has 2 aromatic heterocycles. The number of hydrogen-bond acceptors (Lipinski definition) is 4. The Morgan fingerprint density at radius 3 is 1.88 bits per heavy atom. The Labute approximate surface area is 248 Å². The minimum Gasteiger partial charge on any atom is -0.486 e. The zero-order valence-corrected chi connectivity index (χ0v) is 24.1. The molecule has 220 valence electrons. The van der Waals surface area contributed by atoms with Crippen LogP contribution in [0.5, 0.6) is 11.5 Å². The van der Waals surface area contributed by atoms with Crippen molar-refractivity contribution in [2.45, 2.75) is 39.6 Å². The molecule has 0 radical (unpaired) electrons. The number of rotatable bonds is 6. The lowest BCUT2D eigenvalue weighted by molar-refractivity contribution is 0.0544. The average molecular weight is 583 g/mol. The third-order valence-electron chi connectivity index (χ3n) is 6.41. The first kappa shape index (κ1) is 29.4. The summed E-state index contributed by atoms with van der Waals surface area (Å²) in [5.41, 5.74) is 2.57. The lowest BCUT2D eigenvalue weighted by Crippen LogP contribution is -2.26. The highest BCUT2D eigenvalue weighted by atomic mass is 19.1. The highest BCUT2D eigenvalue weighted by Gasteiger charge is 2.20. The van der Waals surface area contributed by atoms with Crippen LogP contribution >= 0.6 is 0 Å². The van der Waals surface area contributed by atoms with Crippen molar-refractivity contribution in [2.24, 2.45) is 0 Å². The smallest absolute Gasteiger partial charge is 0.418 e. The molecule has 1 N–H and O–H groups in total. The molecule has 0 saturated carbocycles. The Kier molecular flexibility index (Phi) is 8.76. The Morgan fingerprint density at radius 2 is 1.30 bits per heavy atom. The van der Waals surface area contributed by atoms with Gasteiger partial charge < -0.3 is 19.2 Å². The molecular weight excluding hydrogens is 550 g/mol. The number of H-pyrrole nitrogens is 1. The third-order valence-corrected chi connectivity index (χ3v) is 6.41. The largest absolute Gasteiger partial charge is 0.486 e. The van der Waals surface area contributed by atoms with E-state index < -0.39 is 17.5 Å². The fourth-order valence-electron chi connectivity index (χ4n) is 4.35. The van der Waals surface area contributed by atoms with Gasteiger partial charge in [0.2, 0.25) is 0 Å². The number of carbonyl (C=O) groups is 1. The predicted molar refractivity (Wildman–Crippen MR) is 163 cm³/mol. The quantitative estimate of drug-likeness (QED) is 0.213. The van der Waals surface area contributed by atoms with Crippen molar-refractivity contribution < 1.29 is 27.8 Å². The lowest BCUT2D eigenvalue weighted by atomic mass is 10.2. The number of carbonyl (C=O) groups excluding carboxylic acids is 1. The van der Waals surface area contributed by atoms with Crippen LogP contribution < -0.4 is 9.47 Å². The second-order valence-corrected chi connectivity index (χ2v) is 10.9. The average Bonchev–Trinajstić information content (AvgIpc) is 3.61. The number of aromatic nitrogens is 2. The summed E-state index contributed by atoms with van der Waals surface area (Å²) in [6.07, 6.45) is 2.81. The van der Waals surface area contributed by atoms with Crippen LogP contribution in [-0.4, -0.2) is 21.2 Å². The monoisotopic (exact) mass is 582 g/mol. The number of hydrogen-bond donors (Lipinski definition) is 1. The van der Waals surface area contributed by atoms with Gasteiger partial charge in [-0.3, -0.25) is 4.57 Å². The van der Waals surface area contributed by atoms with Gasteiger partial charge in [0, 0.05) is 40.8 Å². The van der Waals surface area contributed by atoms with Gasteiger partial charge in [0.1, 0.15) is 18.8 Å². The predicted octanol–water partition coefficient (Wildman–Crippen LogP) is 9.03. The minimum atomic E-state index is -0.620. The molecule has 43 heavy (non-hydrogen) atoms. The first-order valence-electron chi connectivity index (χ1n) is 13.8. The first-order valence-corrected chi connectivity index (χ1v) is 13.8. The van der Waals surface area contributed by atoms with Crippen LogP contribution in [0.2, 0.25) is 0 Å². The van der Waals surface area contributed by atoms with Gasteiger partial charge in [-0.2, -0.15) is 0 Å². The molecule has 0 amide bonds. The number of ether oxygens (including phenoxy) is 3. The van der Waals surface area contributed by atoms with Crippen molar-refractivity contribution >= 4 is 27.9 Å². The van der Waals surface area contributed by atoms with Gasteiger partial charge in [0.25, 0.3) is 0 Å². The van der Waals surface area contributed by atoms with Crippen molar-refractivity contribution in [1.29, 1.82) is 0 Å². The maximum atomic E-state index is 14.4. The fourth-order valence-corrected chi connectivity index (χ4v) is 4.35. The molecule has 8 heteroatoms. The molecule has 0 bridgehead atoms. The van der Waals surface area contributed by atoms with Crippen LogP contribution in [0.3, 0.4) is 0 Å². The number of fused-ring (bicyclic) bond motifs is 2. The van der Waals surface area contributed by atoms with Gasteiger partial charge in [-0.25, -0.2) is 13.6 Å². The van der Waals surface area contributed by atoms with Crippen LogP contribution in [0, 0.1) is 11.6 Å². The molecule has 0 spiro atoms. The summed E-state index contributed by atoms with van der Waals surface area (Å²) in [5, 5.41) is 1.65. The van der Waals surface area contributed by atoms with Gasteiger partial charge in [0.05, 0.1) is 5.52 Å². The van der Waals surface area contributed by atoms with E-state index >= 15 is 0 Å². The van der Waals surface area contributed by atoms with Gasteiger partial charge >= 0.3 is 6.09 Å². The first-order chi connectivity index (χ1) is 20.7. The fraction of sp³-hybridized carbons (Fsp3) is 0.171. The van der Waals surface area contributed by atoms with E-state index in [4.69, 9.17) is 14.2 Å². The second kappa shape index (κ2) is 12.8. The highest BCUT2D eigenvalue weighted by Crippen LogP contribution is 2.28. The van der Waals surface area contributed by atoms with Crippen LogP contribution in [0.15, 0.2) is 109 Å². The van der Waals surface area contributed by atoms with E-state index in [0.717, 1.165) is 22.0 Å². The number of benzene rings is 4. The SMILES string of the molecule is CC(C)(C)OC(=O)n1ccc2cc(OCc3ccccc3)c(F)cc21.Fc1cc2[nH]ccc2cc1OCc1ccccc1. The van der Waals surface area contributed by atoms with Crippen LogP contribution in [0.4, 0.5) is 13.6 Å². The van der Waals surface area contributed by atoms with Crippen LogP contribution in [0.25, 0.3) is 21.8 Å². The summed E-state index contributed by atoms with van der Waals surface area (Å²) >= 11 is 0. The lowest BCUT2D eigenvalue weighted by Gasteiger charge is -2.19. The molecule has 0 aliphatic carbocycles. The second-order valence-electron chi connectivity index (χ2n) is 10.9. The standard InChI is InChI=1S/C20H20FNO3.C15H12FNO/c1-20(2,3)25-19(23)22-10-9-15-11-18(16(21)12-17(15)22)24-13-14-7-5-4-6-8-14;16-13-9-14-12(6-7-17-14)8-15(13)18-10-11-4-2-1-3-5-11/h4-12H,13H2,1-3H3;1-9,17H,10H2. The van der Waals surface area contributed by atoms with Gasteiger partial charge in [-0.05, 0) is 56.2 Å². The van der Waals surface area contributed by atoms with E-state index in [-0.39, 0.29) is 23.9 Å². The topological polar surface area (TPSA) is 65.5 Å². The van der Waals surface area contributed by atoms with E-state index in [2.05, 4.69) is 4.98 Å². The summed E-state index contributed by atoms with van der Waals surface area (Å²) in [7, 11) is 0. The molecular formula is C35H32F2N2O4. The van der Waals surface area contributed by atoms with Gasteiger partial charge in [-0.1, -0.05) is 60.7 Å². The maximum Gasteiger partial charge on any atom is 0.418 e. The molecule has 6 aromatic rings. The molecule has 0 atom stereocenters. The zero-order valence-electron chi connectivity index (χ0n) is 24.1. The number of nitrogens with one attached hydrogen (secondary N) is 1.